The number of benzene rings is 3. The summed E-state index contributed by atoms with van der Waals surface area (Å²) < 4.78 is 6.19. The highest BCUT2D eigenvalue weighted by atomic mass is 35.5. The number of aryl methyl sites for hydroxylation is 2. The van der Waals surface area contributed by atoms with Crippen LogP contribution in [0.1, 0.15) is 59.5 Å². The van der Waals surface area contributed by atoms with Crippen LogP contribution in [0, 0.1) is 13.8 Å². The van der Waals surface area contributed by atoms with Gasteiger partial charge >= 0.3 is 0 Å². The molecule has 1 saturated heterocycles. The van der Waals surface area contributed by atoms with Crippen molar-refractivity contribution in [1.82, 2.24) is 19.8 Å². The summed E-state index contributed by atoms with van der Waals surface area (Å²) in [5, 5.41) is 6.44. The predicted octanol–water partition coefficient (Wildman–Crippen LogP) is 7.55. The number of nitrogens with one attached hydrogen (secondary N) is 2. The number of aromatic nitrogens is 2. The van der Waals surface area contributed by atoms with Crippen LogP contribution in [0.15, 0.2) is 66.9 Å². The molecule has 1 aliphatic heterocycles. The molecule has 11 heteroatoms. The van der Waals surface area contributed by atoms with Gasteiger partial charge in [-0.05, 0) is 95.1 Å². The van der Waals surface area contributed by atoms with E-state index in [1.165, 1.54) is 6.20 Å². The summed E-state index contributed by atoms with van der Waals surface area (Å²) in [7, 11) is 0. The third-order valence-corrected chi connectivity index (χ3v) is 8.98. The molecule has 3 aromatic carbocycles. The van der Waals surface area contributed by atoms with E-state index in [1.807, 2.05) is 58.0 Å². The minimum absolute atomic E-state index is 0.0144. The maximum absolute atomic E-state index is 13.6. The molecule has 0 saturated carbocycles. The quantitative estimate of drug-likeness (QED) is 0.169. The fourth-order valence-corrected chi connectivity index (χ4v) is 5.97. The smallest absolute Gasteiger partial charge is 0.262 e. The van der Waals surface area contributed by atoms with Gasteiger partial charge in [-0.25, -0.2) is 4.98 Å². The Labute approximate surface area is 288 Å². The molecule has 0 unspecified atom stereocenters. The van der Waals surface area contributed by atoms with Crippen LogP contribution in [0.2, 0.25) is 5.02 Å². The molecule has 1 aliphatic rings. The maximum atomic E-state index is 13.6. The molecule has 4 aromatic rings. The Balaban J connectivity index is 1.40. The van der Waals surface area contributed by atoms with Crippen LogP contribution in [0.4, 0.5) is 23.0 Å². The fraction of sp³-hybridized carbons (Fsp3) is 0.351. The molecule has 0 aliphatic carbocycles. The molecule has 10 nitrogen and oxygen atoms in total. The average Bonchev–Trinajstić information content (AvgIpc) is 3.08. The Bertz CT molecular complexity index is 1730. The maximum Gasteiger partial charge on any atom is 0.262 e. The topological polar surface area (TPSA) is 103 Å². The van der Waals surface area contributed by atoms with Crippen molar-refractivity contribution in [3.8, 4) is 11.6 Å². The number of halogens is 1. The van der Waals surface area contributed by atoms with E-state index < -0.39 is 5.91 Å². The first-order chi connectivity index (χ1) is 23.1. The first-order valence-electron chi connectivity index (χ1n) is 16.4. The summed E-state index contributed by atoms with van der Waals surface area (Å²) in [4.78, 5) is 42.2. The minimum atomic E-state index is -0.430. The molecule has 0 radical (unpaired) electrons. The Morgan fingerprint density at radius 3 is 2.23 bits per heavy atom. The van der Waals surface area contributed by atoms with Gasteiger partial charge in [0.2, 0.25) is 11.8 Å². The monoisotopic (exact) mass is 669 g/mol. The fourth-order valence-electron chi connectivity index (χ4n) is 5.75. The third-order valence-electron chi connectivity index (χ3n) is 8.69. The summed E-state index contributed by atoms with van der Waals surface area (Å²) in [5.74, 6) is -0.0442. The number of para-hydroxylation sites is 1. The average molecular weight is 670 g/mol. The van der Waals surface area contributed by atoms with Crippen LogP contribution in [0.5, 0.6) is 11.6 Å². The van der Waals surface area contributed by atoms with Crippen molar-refractivity contribution < 1.29 is 14.3 Å². The Hall–Kier alpha value is -4.67. The van der Waals surface area contributed by atoms with E-state index in [-0.39, 0.29) is 34.1 Å². The summed E-state index contributed by atoms with van der Waals surface area (Å²) in [6, 6.07) is 19.3. The minimum Gasteiger partial charge on any atom is -0.436 e. The first kappa shape index (κ1) is 34.7. The number of hydrogen-bond donors (Lipinski definition) is 2. The van der Waals surface area contributed by atoms with E-state index in [0.29, 0.717) is 30.4 Å². The Kier molecular flexibility index (Phi) is 11.2. The summed E-state index contributed by atoms with van der Waals surface area (Å²) in [6.07, 6.45) is 1.43. The first-order valence-corrected chi connectivity index (χ1v) is 16.8. The molecule has 2 amide bonds. The standard InChI is InChI=1S/C37H44ClN7O3/c1-7-43(8-2)36(47)27-12-17-32(31(38)22-27)48-35-30(34(46)41-33-25(5)10-9-11-26(33)6)23-39-37(42-35)40-28-13-15-29(16-14-28)45-20-18-44(19-21-45)24(3)4/h9-17,22-24H,7-8,18-21H2,1-6H3,(H,41,46)(H,39,40,42). The number of carbonyl (C=O) groups excluding carboxylic acids is 2. The highest BCUT2D eigenvalue weighted by molar-refractivity contribution is 6.32. The molecular weight excluding hydrogens is 626 g/mol. The number of rotatable bonds is 11. The predicted molar refractivity (Wildman–Crippen MR) is 193 cm³/mol. The number of anilines is 4. The van der Waals surface area contributed by atoms with Gasteiger partial charge in [-0.1, -0.05) is 29.8 Å². The van der Waals surface area contributed by atoms with Crippen LogP contribution in [-0.4, -0.2) is 76.9 Å². The van der Waals surface area contributed by atoms with Gasteiger partial charge < -0.3 is 25.2 Å². The summed E-state index contributed by atoms with van der Waals surface area (Å²) >= 11 is 6.63. The number of nitrogens with zero attached hydrogens (tertiary/aromatic N) is 5. The van der Waals surface area contributed by atoms with Crippen LogP contribution in [0.25, 0.3) is 0 Å². The highest BCUT2D eigenvalue weighted by Crippen LogP contribution is 2.33. The lowest BCUT2D eigenvalue weighted by Crippen LogP contribution is -2.48. The molecule has 1 fully saturated rings. The van der Waals surface area contributed by atoms with Crippen molar-refractivity contribution in [2.75, 3.05) is 54.8 Å². The van der Waals surface area contributed by atoms with E-state index in [9.17, 15) is 9.59 Å². The second-order valence-corrected chi connectivity index (χ2v) is 12.6. The van der Waals surface area contributed by atoms with Crippen molar-refractivity contribution in [2.24, 2.45) is 0 Å². The van der Waals surface area contributed by atoms with Gasteiger partial charge in [0, 0.05) is 74.1 Å². The van der Waals surface area contributed by atoms with Gasteiger partial charge in [0.15, 0.2) is 0 Å². The summed E-state index contributed by atoms with van der Waals surface area (Å²) in [5.41, 5.74) is 5.07. The highest BCUT2D eigenvalue weighted by Gasteiger charge is 2.22. The molecule has 2 heterocycles. The van der Waals surface area contributed by atoms with Crippen LogP contribution in [0.3, 0.4) is 0 Å². The molecule has 0 atom stereocenters. The van der Waals surface area contributed by atoms with Gasteiger partial charge in [-0.2, -0.15) is 4.98 Å². The number of amides is 2. The lowest BCUT2D eigenvalue weighted by Gasteiger charge is -2.38. The van der Waals surface area contributed by atoms with E-state index in [0.717, 1.165) is 48.7 Å². The van der Waals surface area contributed by atoms with Crippen LogP contribution >= 0.6 is 11.6 Å². The summed E-state index contributed by atoms with van der Waals surface area (Å²) in [6.45, 7) is 17.4. The van der Waals surface area contributed by atoms with Gasteiger partial charge in [-0.15, -0.1) is 0 Å². The second-order valence-electron chi connectivity index (χ2n) is 12.1. The molecule has 5 rings (SSSR count). The van der Waals surface area contributed by atoms with E-state index in [4.69, 9.17) is 16.3 Å². The molecule has 48 heavy (non-hydrogen) atoms. The van der Waals surface area contributed by atoms with Crippen molar-refractivity contribution in [3.05, 3.63) is 94.1 Å². The van der Waals surface area contributed by atoms with Crippen LogP contribution in [-0.2, 0) is 0 Å². The van der Waals surface area contributed by atoms with Crippen molar-refractivity contribution in [1.29, 1.82) is 0 Å². The number of ether oxygens (including phenoxy) is 1. The van der Waals surface area contributed by atoms with Crippen molar-refractivity contribution in [3.63, 3.8) is 0 Å². The molecule has 252 valence electrons. The lowest BCUT2D eigenvalue weighted by molar-refractivity contribution is 0.0772. The zero-order valence-corrected chi connectivity index (χ0v) is 29.3. The van der Waals surface area contributed by atoms with E-state index in [1.54, 1.807) is 23.1 Å². The van der Waals surface area contributed by atoms with Crippen LogP contribution < -0.4 is 20.3 Å². The molecular formula is C37H44ClN7O3. The second kappa shape index (κ2) is 15.5. The van der Waals surface area contributed by atoms with Gasteiger partial charge in [0.25, 0.3) is 11.8 Å². The Morgan fingerprint density at radius 1 is 0.958 bits per heavy atom. The largest absolute Gasteiger partial charge is 0.436 e. The number of hydrogen-bond acceptors (Lipinski definition) is 8. The Morgan fingerprint density at radius 2 is 1.62 bits per heavy atom. The van der Waals surface area contributed by atoms with Gasteiger partial charge in [0.05, 0.1) is 5.02 Å². The molecule has 0 bridgehead atoms. The van der Waals surface area contributed by atoms with Gasteiger partial charge in [0.1, 0.15) is 11.3 Å². The lowest BCUT2D eigenvalue weighted by atomic mass is 10.1. The van der Waals surface area contributed by atoms with E-state index in [2.05, 4.69) is 56.4 Å². The zero-order valence-electron chi connectivity index (χ0n) is 28.5. The number of carbonyl (C=O) groups is 2. The van der Waals surface area contributed by atoms with Gasteiger partial charge in [-0.3, -0.25) is 14.5 Å². The molecule has 1 aromatic heterocycles. The molecule has 2 N–H and O–H groups in total. The van der Waals surface area contributed by atoms with Crippen molar-refractivity contribution >= 4 is 46.4 Å². The normalized spacial score (nSPS) is 13.4. The molecule has 0 spiro atoms. The third kappa shape index (κ3) is 8.06. The SMILES string of the molecule is CCN(CC)C(=O)c1ccc(Oc2nc(Nc3ccc(N4CCN(C(C)C)CC4)cc3)ncc2C(=O)Nc2c(C)cccc2C)c(Cl)c1. The number of piperazine rings is 1. The van der Waals surface area contributed by atoms with E-state index >= 15 is 0 Å². The zero-order chi connectivity index (χ0) is 34.4. The van der Waals surface area contributed by atoms with Crippen molar-refractivity contribution in [2.45, 2.75) is 47.6 Å².